The van der Waals surface area contributed by atoms with Crippen molar-refractivity contribution in [3.63, 3.8) is 0 Å². The van der Waals surface area contributed by atoms with Crippen LogP contribution >= 0.6 is 0 Å². The van der Waals surface area contributed by atoms with Crippen LogP contribution in [0.25, 0.3) is 0 Å². The highest BCUT2D eigenvalue weighted by Gasteiger charge is 2.06. The van der Waals surface area contributed by atoms with E-state index in [1.165, 1.54) is 0 Å². The summed E-state index contributed by atoms with van der Waals surface area (Å²) in [5, 5.41) is 6.29. The second-order valence-electron chi connectivity index (χ2n) is 5.35. The average molecular weight is 281 g/mol. The predicted molar refractivity (Wildman–Crippen MR) is 80.5 cm³/mol. The summed E-state index contributed by atoms with van der Waals surface area (Å²) in [7, 11) is 1.66. The number of carbonyl (C=O) groups is 1. The molecule has 5 heteroatoms. The first kappa shape index (κ1) is 16.7. The molecule has 114 valence electrons. The maximum Gasteiger partial charge on any atom is 0.239 e. The first-order valence-corrected chi connectivity index (χ1v) is 7.24. The number of ether oxygens (including phenoxy) is 1. The molecule has 0 unspecified atom stereocenters. The number of hydrogen-bond acceptors (Lipinski definition) is 3. The van der Waals surface area contributed by atoms with Gasteiger partial charge in [0.25, 0.3) is 0 Å². The van der Waals surface area contributed by atoms with E-state index in [-0.39, 0.29) is 5.91 Å². The van der Waals surface area contributed by atoms with Crippen molar-refractivity contribution in [2.75, 3.05) is 26.8 Å². The molecule has 0 aliphatic carbocycles. The number of nitrogens with one attached hydrogen (secondary N) is 2. The Balaban J connectivity index is 2.32. The Morgan fingerprint density at radius 3 is 2.95 bits per heavy atom. The van der Waals surface area contributed by atoms with Crippen molar-refractivity contribution in [1.82, 2.24) is 15.2 Å². The van der Waals surface area contributed by atoms with E-state index in [0.717, 1.165) is 25.2 Å². The number of rotatable bonds is 10. The Labute approximate surface area is 121 Å². The average Bonchev–Trinajstić information content (AvgIpc) is 2.82. The SMILES string of the molecule is COCCCNC(=O)Cn1cccc1CNCC(C)C. The summed E-state index contributed by atoms with van der Waals surface area (Å²) < 4.78 is 6.93. The van der Waals surface area contributed by atoms with Crippen LogP contribution in [0.2, 0.25) is 0 Å². The van der Waals surface area contributed by atoms with Gasteiger partial charge in [0.1, 0.15) is 6.54 Å². The van der Waals surface area contributed by atoms with E-state index in [1.807, 2.05) is 22.9 Å². The highest BCUT2D eigenvalue weighted by atomic mass is 16.5. The summed E-state index contributed by atoms with van der Waals surface area (Å²) in [4.78, 5) is 11.8. The molecule has 0 saturated carbocycles. The molecule has 0 radical (unpaired) electrons. The molecular weight excluding hydrogens is 254 g/mol. The lowest BCUT2D eigenvalue weighted by Crippen LogP contribution is -2.30. The van der Waals surface area contributed by atoms with Crippen molar-refractivity contribution in [1.29, 1.82) is 0 Å². The van der Waals surface area contributed by atoms with Gasteiger partial charge in [-0.2, -0.15) is 0 Å². The van der Waals surface area contributed by atoms with Crippen LogP contribution in [0, 0.1) is 5.92 Å². The van der Waals surface area contributed by atoms with Crippen LogP contribution in [-0.4, -0.2) is 37.3 Å². The maximum atomic E-state index is 11.8. The van der Waals surface area contributed by atoms with Crippen molar-refractivity contribution in [3.8, 4) is 0 Å². The molecule has 1 amide bonds. The highest BCUT2D eigenvalue weighted by Crippen LogP contribution is 2.02. The summed E-state index contributed by atoms with van der Waals surface area (Å²) in [5.74, 6) is 0.671. The number of amides is 1. The number of methoxy groups -OCH3 is 1. The monoisotopic (exact) mass is 281 g/mol. The molecule has 0 saturated heterocycles. The number of hydrogen-bond donors (Lipinski definition) is 2. The molecular formula is C15H27N3O2. The van der Waals surface area contributed by atoms with Gasteiger partial charge < -0.3 is 19.9 Å². The minimum absolute atomic E-state index is 0.0439. The van der Waals surface area contributed by atoms with Crippen LogP contribution in [0.4, 0.5) is 0 Å². The molecule has 20 heavy (non-hydrogen) atoms. The van der Waals surface area contributed by atoms with E-state index in [9.17, 15) is 4.79 Å². The van der Waals surface area contributed by atoms with Crippen LogP contribution in [0.1, 0.15) is 26.0 Å². The van der Waals surface area contributed by atoms with Crippen LogP contribution in [0.3, 0.4) is 0 Å². The molecule has 1 aromatic heterocycles. The van der Waals surface area contributed by atoms with Gasteiger partial charge >= 0.3 is 0 Å². The Bertz CT molecular complexity index is 388. The van der Waals surface area contributed by atoms with E-state index in [0.29, 0.717) is 25.6 Å². The molecule has 0 aromatic carbocycles. The molecule has 0 aliphatic heterocycles. The van der Waals surface area contributed by atoms with E-state index >= 15 is 0 Å². The lowest BCUT2D eigenvalue weighted by Gasteiger charge is -2.11. The van der Waals surface area contributed by atoms with E-state index in [1.54, 1.807) is 7.11 Å². The zero-order valence-electron chi connectivity index (χ0n) is 12.8. The lowest BCUT2D eigenvalue weighted by molar-refractivity contribution is -0.121. The Morgan fingerprint density at radius 2 is 2.25 bits per heavy atom. The number of nitrogens with zero attached hydrogens (tertiary/aromatic N) is 1. The normalized spacial score (nSPS) is 11.0. The molecule has 0 atom stereocenters. The molecule has 5 nitrogen and oxygen atoms in total. The second kappa shape index (κ2) is 9.55. The molecule has 1 heterocycles. The van der Waals surface area contributed by atoms with Crippen molar-refractivity contribution in [3.05, 3.63) is 24.0 Å². The predicted octanol–water partition coefficient (Wildman–Crippen LogP) is 1.39. The molecule has 0 spiro atoms. The molecule has 0 aliphatic rings. The fraction of sp³-hybridized carbons (Fsp3) is 0.667. The van der Waals surface area contributed by atoms with Crippen LogP contribution in [0.15, 0.2) is 18.3 Å². The third-order valence-corrected chi connectivity index (χ3v) is 2.94. The summed E-state index contributed by atoms with van der Waals surface area (Å²) in [5.41, 5.74) is 1.14. The lowest BCUT2D eigenvalue weighted by atomic mass is 10.2. The molecule has 0 fully saturated rings. The van der Waals surface area contributed by atoms with Crippen molar-refractivity contribution >= 4 is 5.91 Å². The molecule has 1 rings (SSSR count). The van der Waals surface area contributed by atoms with Gasteiger partial charge in [-0.25, -0.2) is 0 Å². The largest absolute Gasteiger partial charge is 0.385 e. The third-order valence-electron chi connectivity index (χ3n) is 2.94. The Hall–Kier alpha value is -1.33. The fourth-order valence-corrected chi connectivity index (χ4v) is 1.91. The van der Waals surface area contributed by atoms with Crippen LogP contribution in [-0.2, 0) is 22.6 Å². The minimum Gasteiger partial charge on any atom is -0.385 e. The van der Waals surface area contributed by atoms with Gasteiger partial charge in [-0.05, 0) is 31.0 Å². The van der Waals surface area contributed by atoms with Crippen molar-refractivity contribution in [2.45, 2.75) is 33.4 Å². The summed E-state index contributed by atoms with van der Waals surface area (Å²) >= 11 is 0. The first-order chi connectivity index (χ1) is 9.63. The summed E-state index contributed by atoms with van der Waals surface area (Å²) in [6, 6.07) is 4.02. The third kappa shape index (κ3) is 6.73. The van der Waals surface area contributed by atoms with E-state index < -0.39 is 0 Å². The maximum absolute atomic E-state index is 11.8. The van der Waals surface area contributed by atoms with Crippen LogP contribution in [0.5, 0.6) is 0 Å². The molecule has 1 aromatic rings. The Kier molecular flexibility index (Phi) is 7.99. The standard InChI is InChI=1S/C15H27N3O2/c1-13(2)10-16-11-14-6-4-8-18(14)12-15(19)17-7-5-9-20-3/h4,6,8,13,16H,5,7,9-12H2,1-3H3,(H,17,19). The van der Waals surface area contributed by atoms with Gasteiger partial charge in [0.2, 0.25) is 5.91 Å². The summed E-state index contributed by atoms with van der Waals surface area (Å²) in [6.45, 7) is 7.84. The Morgan fingerprint density at radius 1 is 1.45 bits per heavy atom. The summed E-state index contributed by atoms with van der Waals surface area (Å²) in [6.07, 6.45) is 2.79. The first-order valence-electron chi connectivity index (χ1n) is 7.24. The van der Waals surface area contributed by atoms with Gasteiger partial charge in [0.05, 0.1) is 0 Å². The number of carbonyl (C=O) groups excluding carboxylic acids is 1. The van der Waals surface area contributed by atoms with Gasteiger partial charge in [0.15, 0.2) is 0 Å². The zero-order valence-corrected chi connectivity index (χ0v) is 12.8. The van der Waals surface area contributed by atoms with Gasteiger partial charge in [-0.1, -0.05) is 13.8 Å². The minimum atomic E-state index is 0.0439. The van der Waals surface area contributed by atoms with Gasteiger partial charge in [-0.3, -0.25) is 4.79 Å². The smallest absolute Gasteiger partial charge is 0.239 e. The highest BCUT2D eigenvalue weighted by molar-refractivity contribution is 5.75. The zero-order chi connectivity index (χ0) is 14.8. The van der Waals surface area contributed by atoms with Crippen molar-refractivity contribution < 1.29 is 9.53 Å². The van der Waals surface area contributed by atoms with Crippen molar-refractivity contribution in [2.24, 2.45) is 5.92 Å². The number of aromatic nitrogens is 1. The van der Waals surface area contributed by atoms with E-state index in [2.05, 4.69) is 24.5 Å². The fourth-order valence-electron chi connectivity index (χ4n) is 1.91. The van der Waals surface area contributed by atoms with Gasteiger partial charge in [-0.15, -0.1) is 0 Å². The van der Waals surface area contributed by atoms with E-state index in [4.69, 9.17) is 4.74 Å². The topological polar surface area (TPSA) is 55.3 Å². The van der Waals surface area contributed by atoms with Crippen LogP contribution < -0.4 is 10.6 Å². The molecule has 2 N–H and O–H groups in total. The quantitative estimate of drug-likeness (QED) is 0.637. The second-order valence-corrected chi connectivity index (χ2v) is 5.35. The molecule has 0 bridgehead atoms. The van der Waals surface area contributed by atoms with Gasteiger partial charge in [0, 0.05) is 38.7 Å².